The van der Waals surface area contributed by atoms with Gasteiger partial charge in [-0.15, -0.1) is 0 Å². The fourth-order valence-corrected chi connectivity index (χ4v) is 3.65. The van der Waals surface area contributed by atoms with E-state index in [1.54, 1.807) is 0 Å². The van der Waals surface area contributed by atoms with Crippen LogP contribution < -0.4 is 5.73 Å². The Hall–Kier alpha value is -0.120. The van der Waals surface area contributed by atoms with E-state index in [1.165, 1.54) is 38.5 Å². The zero-order valence-electron chi connectivity index (χ0n) is 10.7. The van der Waals surface area contributed by atoms with E-state index in [0.29, 0.717) is 18.1 Å². The molecule has 2 saturated carbocycles. The predicted molar refractivity (Wildman–Crippen MR) is 66.8 cm³/mol. The summed E-state index contributed by atoms with van der Waals surface area (Å²) in [4.78, 5) is 0. The smallest absolute Gasteiger partial charge is 0.0817 e. The summed E-state index contributed by atoms with van der Waals surface area (Å²) in [6, 6.07) is 0. The lowest BCUT2D eigenvalue weighted by molar-refractivity contribution is -0.103. The zero-order valence-corrected chi connectivity index (χ0v) is 10.7. The van der Waals surface area contributed by atoms with Crippen molar-refractivity contribution < 1.29 is 9.47 Å². The first kappa shape index (κ1) is 11.9. The Morgan fingerprint density at radius 1 is 1.18 bits per heavy atom. The van der Waals surface area contributed by atoms with Crippen LogP contribution in [0, 0.1) is 5.92 Å². The van der Waals surface area contributed by atoms with Crippen LogP contribution in [-0.4, -0.2) is 31.0 Å². The molecule has 1 spiro atoms. The van der Waals surface area contributed by atoms with Crippen molar-refractivity contribution in [2.45, 2.75) is 69.2 Å². The van der Waals surface area contributed by atoms with Gasteiger partial charge in [0.25, 0.3) is 0 Å². The van der Waals surface area contributed by atoms with Crippen LogP contribution in [0.25, 0.3) is 0 Å². The van der Waals surface area contributed by atoms with Crippen molar-refractivity contribution in [3.8, 4) is 0 Å². The molecule has 3 fully saturated rings. The molecule has 1 aliphatic heterocycles. The third-order valence-corrected chi connectivity index (χ3v) is 4.90. The number of rotatable bonds is 4. The van der Waals surface area contributed by atoms with Crippen LogP contribution in [0.1, 0.15) is 51.4 Å². The highest BCUT2D eigenvalue weighted by atomic mass is 16.6. The molecule has 3 aliphatic rings. The summed E-state index contributed by atoms with van der Waals surface area (Å²) in [5, 5.41) is 0. The predicted octanol–water partition coefficient (Wildman–Crippen LogP) is 2.23. The number of nitrogens with two attached hydrogens (primary N) is 1. The highest BCUT2D eigenvalue weighted by Crippen LogP contribution is 2.43. The van der Waals surface area contributed by atoms with Gasteiger partial charge in [-0.2, -0.15) is 0 Å². The summed E-state index contributed by atoms with van der Waals surface area (Å²) < 4.78 is 12.1. The van der Waals surface area contributed by atoms with Crippen molar-refractivity contribution in [2.24, 2.45) is 11.7 Å². The topological polar surface area (TPSA) is 44.5 Å². The molecule has 3 rings (SSSR count). The van der Waals surface area contributed by atoms with E-state index in [4.69, 9.17) is 15.2 Å². The van der Waals surface area contributed by atoms with Crippen LogP contribution in [0.5, 0.6) is 0 Å². The largest absolute Gasteiger partial charge is 0.376 e. The van der Waals surface area contributed by atoms with E-state index in [2.05, 4.69) is 0 Å². The average molecular weight is 239 g/mol. The van der Waals surface area contributed by atoms with Gasteiger partial charge in [0.15, 0.2) is 0 Å². The number of hydrogen-bond donors (Lipinski definition) is 1. The maximum absolute atomic E-state index is 6.23. The molecule has 0 bridgehead atoms. The van der Waals surface area contributed by atoms with Gasteiger partial charge in [0.2, 0.25) is 0 Å². The van der Waals surface area contributed by atoms with Gasteiger partial charge in [0.1, 0.15) is 0 Å². The monoisotopic (exact) mass is 239 g/mol. The summed E-state index contributed by atoms with van der Waals surface area (Å²) in [5.41, 5.74) is 5.87. The first-order valence-electron chi connectivity index (χ1n) is 7.29. The van der Waals surface area contributed by atoms with Crippen molar-refractivity contribution >= 4 is 0 Å². The third-order valence-electron chi connectivity index (χ3n) is 4.90. The van der Waals surface area contributed by atoms with Gasteiger partial charge in [-0.1, -0.05) is 12.8 Å². The second kappa shape index (κ2) is 4.87. The molecule has 0 amide bonds. The Bertz CT molecular complexity index is 257. The van der Waals surface area contributed by atoms with E-state index in [-0.39, 0.29) is 5.60 Å². The molecule has 2 aliphatic carbocycles. The molecule has 1 atom stereocenters. The van der Waals surface area contributed by atoms with E-state index < -0.39 is 0 Å². The van der Waals surface area contributed by atoms with E-state index >= 15 is 0 Å². The van der Waals surface area contributed by atoms with Gasteiger partial charge < -0.3 is 15.2 Å². The van der Waals surface area contributed by atoms with Crippen molar-refractivity contribution in [3.05, 3.63) is 0 Å². The summed E-state index contributed by atoms with van der Waals surface area (Å²) in [6.07, 6.45) is 10.9. The molecule has 98 valence electrons. The average Bonchev–Trinajstić information content (AvgIpc) is 2.88. The lowest BCUT2D eigenvalue weighted by Gasteiger charge is -2.35. The minimum absolute atomic E-state index is 0.257. The Morgan fingerprint density at radius 2 is 1.94 bits per heavy atom. The van der Waals surface area contributed by atoms with Crippen molar-refractivity contribution in [1.29, 1.82) is 0 Å². The standard InChI is InChI=1S/C14H25NO2/c15-9-11-7-13(8-11)16-10-12-3-6-14(17-12)4-1-2-5-14/h11-13H,1-10,15H2. The van der Waals surface area contributed by atoms with Crippen LogP contribution in [0.2, 0.25) is 0 Å². The molecule has 3 nitrogen and oxygen atoms in total. The first-order valence-corrected chi connectivity index (χ1v) is 7.29. The van der Waals surface area contributed by atoms with E-state index in [1.807, 2.05) is 0 Å². The van der Waals surface area contributed by atoms with Crippen LogP contribution in [-0.2, 0) is 9.47 Å². The Balaban J connectivity index is 1.37. The number of hydrogen-bond acceptors (Lipinski definition) is 3. The fourth-order valence-electron chi connectivity index (χ4n) is 3.65. The summed E-state index contributed by atoms with van der Waals surface area (Å²) in [6.45, 7) is 1.63. The molecule has 1 saturated heterocycles. The maximum atomic E-state index is 6.23. The molecule has 1 heterocycles. The molecule has 2 N–H and O–H groups in total. The van der Waals surface area contributed by atoms with Gasteiger partial charge in [0.05, 0.1) is 24.4 Å². The normalized spacial score (nSPS) is 39.7. The quantitative estimate of drug-likeness (QED) is 0.818. The van der Waals surface area contributed by atoms with Crippen LogP contribution in [0.3, 0.4) is 0 Å². The van der Waals surface area contributed by atoms with Crippen LogP contribution in [0.4, 0.5) is 0 Å². The van der Waals surface area contributed by atoms with Crippen LogP contribution in [0.15, 0.2) is 0 Å². The van der Waals surface area contributed by atoms with Crippen molar-refractivity contribution in [2.75, 3.05) is 13.2 Å². The summed E-state index contributed by atoms with van der Waals surface area (Å²) in [5.74, 6) is 0.714. The molecule has 17 heavy (non-hydrogen) atoms. The lowest BCUT2D eigenvalue weighted by Crippen LogP contribution is -2.37. The van der Waals surface area contributed by atoms with Gasteiger partial charge >= 0.3 is 0 Å². The van der Waals surface area contributed by atoms with Crippen molar-refractivity contribution in [3.63, 3.8) is 0 Å². The minimum Gasteiger partial charge on any atom is -0.376 e. The van der Waals surface area contributed by atoms with Crippen molar-refractivity contribution in [1.82, 2.24) is 0 Å². The third kappa shape index (κ3) is 2.51. The second-order valence-electron chi connectivity index (χ2n) is 6.20. The van der Waals surface area contributed by atoms with Gasteiger partial charge in [-0.05, 0) is 51.0 Å². The zero-order chi connectivity index (χ0) is 11.7. The Morgan fingerprint density at radius 3 is 2.65 bits per heavy atom. The molecule has 0 radical (unpaired) electrons. The Kier molecular flexibility index (Phi) is 3.42. The molecule has 1 unspecified atom stereocenters. The van der Waals surface area contributed by atoms with E-state index in [9.17, 15) is 0 Å². The van der Waals surface area contributed by atoms with Gasteiger partial charge in [0, 0.05) is 0 Å². The molecule has 3 heteroatoms. The summed E-state index contributed by atoms with van der Waals surface area (Å²) in [7, 11) is 0. The highest BCUT2D eigenvalue weighted by molar-refractivity contribution is 4.93. The molecular weight excluding hydrogens is 214 g/mol. The van der Waals surface area contributed by atoms with Gasteiger partial charge in [-0.3, -0.25) is 0 Å². The SMILES string of the molecule is NCC1CC(OCC2CCC3(CCCC3)O2)C1. The first-order chi connectivity index (χ1) is 8.30. The maximum Gasteiger partial charge on any atom is 0.0817 e. The molecular formula is C14H25NO2. The van der Waals surface area contributed by atoms with Crippen LogP contribution >= 0.6 is 0 Å². The van der Waals surface area contributed by atoms with Gasteiger partial charge in [-0.25, -0.2) is 0 Å². The Labute approximate surface area is 104 Å². The second-order valence-corrected chi connectivity index (χ2v) is 6.20. The lowest BCUT2D eigenvalue weighted by atomic mass is 9.82. The molecule has 0 aromatic rings. The fraction of sp³-hybridized carbons (Fsp3) is 1.00. The molecule has 0 aromatic carbocycles. The highest BCUT2D eigenvalue weighted by Gasteiger charge is 2.42. The number of ether oxygens (including phenoxy) is 2. The van der Waals surface area contributed by atoms with E-state index in [0.717, 1.165) is 26.0 Å². The summed E-state index contributed by atoms with van der Waals surface area (Å²) >= 11 is 0. The minimum atomic E-state index is 0.257. The molecule has 0 aromatic heterocycles.